The molecule has 3 heteroatoms. The van der Waals surface area contributed by atoms with Crippen LogP contribution in [-0.4, -0.2) is 18.5 Å². The zero-order chi connectivity index (χ0) is 11.1. The quantitative estimate of drug-likeness (QED) is 0.684. The number of amidine groups is 1. The molecule has 0 amide bonds. The highest BCUT2D eigenvalue weighted by Gasteiger charge is 2.18. The van der Waals surface area contributed by atoms with Gasteiger partial charge in [0.25, 0.3) is 0 Å². The van der Waals surface area contributed by atoms with Gasteiger partial charge < -0.3 is 4.90 Å². The van der Waals surface area contributed by atoms with E-state index in [0.29, 0.717) is 0 Å². The molecule has 80 valence electrons. The molecule has 0 unspecified atom stereocenters. The van der Waals surface area contributed by atoms with Crippen molar-refractivity contribution in [3.8, 4) is 0 Å². The van der Waals surface area contributed by atoms with Gasteiger partial charge in [0.15, 0.2) is 5.17 Å². The predicted octanol–water partition coefficient (Wildman–Crippen LogP) is 3.64. The third kappa shape index (κ3) is 1.25. The van der Waals surface area contributed by atoms with Gasteiger partial charge in [-0.25, -0.2) is 4.99 Å². The van der Waals surface area contributed by atoms with Gasteiger partial charge in [-0.3, -0.25) is 0 Å². The van der Waals surface area contributed by atoms with E-state index < -0.39 is 0 Å². The van der Waals surface area contributed by atoms with Crippen molar-refractivity contribution in [1.82, 2.24) is 0 Å². The largest absolute Gasteiger partial charge is 0.323 e. The van der Waals surface area contributed by atoms with Crippen LogP contribution in [0.1, 0.15) is 0 Å². The van der Waals surface area contributed by atoms with E-state index in [1.165, 1.54) is 16.5 Å². The van der Waals surface area contributed by atoms with Crippen LogP contribution in [0.4, 0.5) is 11.4 Å². The lowest BCUT2D eigenvalue weighted by atomic mass is 10.1. The zero-order valence-corrected chi connectivity index (χ0v) is 10.1. The van der Waals surface area contributed by atoms with Gasteiger partial charge in [0.05, 0.1) is 11.4 Å². The molecule has 0 aliphatic carbocycles. The van der Waals surface area contributed by atoms with E-state index in [-0.39, 0.29) is 0 Å². The monoisotopic (exact) mass is 228 g/mol. The van der Waals surface area contributed by atoms with Crippen LogP contribution < -0.4 is 4.90 Å². The van der Waals surface area contributed by atoms with Crippen LogP contribution in [0.25, 0.3) is 10.8 Å². The molecule has 0 saturated carbocycles. The van der Waals surface area contributed by atoms with Gasteiger partial charge in [-0.15, -0.1) is 0 Å². The van der Waals surface area contributed by atoms with E-state index in [9.17, 15) is 0 Å². The zero-order valence-electron chi connectivity index (χ0n) is 9.27. The van der Waals surface area contributed by atoms with Gasteiger partial charge in [-0.1, -0.05) is 36.0 Å². The summed E-state index contributed by atoms with van der Waals surface area (Å²) in [6, 6.07) is 12.7. The summed E-state index contributed by atoms with van der Waals surface area (Å²) in [7, 11) is 2.07. The highest BCUT2D eigenvalue weighted by atomic mass is 32.2. The Morgan fingerprint density at radius 1 is 1.12 bits per heavy atom. The van der Waals surface area contributed by atoms with Crippen molar-refractivity contribution < 1.29 is 0 Å². The first-order chi connectivity index (χ1) is 7.81. The Bertz CT molecular complexity index is 584. The topological polar surface area (TPSA) is 15.6 Å². The van der Waals surface area contributed by atoms with Crippen LogP contribution in [0.2, 0.25) is 0 Å². The maximum absolute atomic E-state index is 4.67. The molecule has 3 rings (SSSR count). The molecule has 2 aromatic carbocycles. The molecule has 0 bridgehead atoms. The smallest absolute Gasteiger partial charge is 0.168 e. The number of hydrogen-bond acceptors (Lipinski definition) is 3. The third-order valence-corrected chi connectivity index (χ3v) is 3.64. The molecule has 0 atom stereocenters. The summed E-state index contributed by atoms with van der Waals surface area (Å²) in [5.74, 6) is 0. The molecule has 16 heavy (non-hydrogen) atoms. The Balaban J connectivity index is 2.41. The summed E-state index contributed by atoms with van der Waals surface area (Å²) in [5, 5.41) is 3.56. The third-order valence-electron chi connectivity index (χ3n) is 2.91. The van der Waals surface area contributed by atoms with E-state index in [0.717, 1.165) is 10.9 Å². The van der Waals surface area contributed by atoms with Crippen molar-refractivity contribution in [1.29, 1.82) is 0 Å². The average molecular weight is 228 g/mol. The van der Waals surface area contributed by atoms with Gasteiger partial charge in [0.1, 0.15) is 0 Å². The number of benzene rings is 2. The molecule has 1 aliphatic rings. The maximum Gasteiger partial charge on any atom is 0.168 e. The van der Waals surface area contributed by atoms with Gasteiger partial charge in [0.2, 0.25) is 0 Å². The lowest BCUT2D eigenvalue weighted by Gasteiger charge is -2.26. The van der Waals surface area contributed by atoms with Crippen molar-refractivity contribution in [2.45, 2.75) is 0 Å². The van der Waals surface area contributed by atoms with Crippen LogP contribution in [-0.2, 0) is 0 Å². The van der Waals surface area contributed by atoms with Gasteiger partial charge in [-0.2, -0.15) is 0 Å². The van der Waals surface area contributed by atoms with E-state index >= 15 is 0 Å². The molecule has 1 aliphatic heterocycles. The first-order valence-electron chi connectivity index (χ1n) is 5.19. The molecule has 0 N–H and O–H groups in total. The molecule has 0 spiro atoms. The molecule has 0 fully saturated rings. The Morgan fingerprint density at radius 2 is 1.88 bits per heavy atom. The van der Waals surface area contributed by atoms with Crippen molar-refractivity contribution in [2.75, 3.05) is 18.2 Å². The summed E-state index contributed by atoms with van der Waals surface area (Å²) in [5.41, 5.74) is 2.32. The van der Waals surface area contributed by atoms with Gasteiger partial charge in [-0.05, 0) is 23.8 Å². The Labute approximate surface area is 99.0 Å². The minimum absolute atomic E-state index is 1.05. The highest BCUT2D eigenvalue weighted by molar-refractivity contribution is 8.13. The highest BCUT2D eigenvalue weighted by Crippen LogP contribution is 2.39. The number of nitrogens with zero attached hydrogens (tertiary/aromatic N) is 2. The fraction of sp³-hybridized carbons (Fsp3) is 0.154. The SMILES string of the molecule is CSC1=Nc2cccc3cccc(c23)N1C. The van der Waals surface area contributed by atoms with E-state index in [1.807, 2.05) is 0 Å². The van der Waals surface area contributed by atoms with Gasteiger partial charge in [0, 0.05) is 12.4 Å². The van der Waals surface area contributed by atoms with Crippen molar-refractivity contribution in [3.63, 3.8) is 0 Å². The fourth-order valence-corrected chi connectivity index (χ4v) is 2.70. The van der Waals surface area contributed by atoms with Crippen LogP contribution in [0, 0.1) is 0 Å². The van der Waals surface area contributed by atoms with Gasteiger partial charge >= 0.3 is 0 Å². The number of hydrogen-bond donors (Lipinski definition) is 0. The molecular formula is C13H12N2S. The summed E-state index contributed by atoms with van der Waals surface area (Å²) in [6.07, 6.45) is 2.06. The van der Waals surface area contributed by atoms with Crippen LogP contribution >= 0.6 is 11.8 Å². The van der Waals surface area contributed by atoms with E-state index in [1.54, 1.807) is 11.8 Å². The van der Waals surface area contributed by atoms with E-state index in [2.05, 4.69) is 59.6 Å². The molecule has 1 heterocycles. The normalized spacial score (nSPS) is 14.1. The minimum atomic E-state index is 1.05. The van der Waals surface area contributed by atoms with Crippen molar-refractivity contribution >= 4 is 39.1 Å². The number of anilines is 1. The maximum atomic E-state index is 4.67. The van der Waals surface area contributed by atoms with Crippen LogP contribution in [0.3, 0.4) is 0 Å². The van der Waals surface area contributed by atoms with Crippen LogP contribution in [0.5, 0.6) is 0 Å². The predicted molar refractivity (Wildman–Crippen MR) is 73.0 cm³/mol. The Kier molecular flexibility index (Phi) is 2.14. The summed E-state index contributed by atoms with van der Waals surface area (Å²) in [6.45, 7) is 0. The Hall–Kier alpha value is -1.48. The van der Waals surface area contributed by atoms with Crippen LogP contribution in [0.15, 0.2) is 41.4 Å². The average Bonchev–Trinajstić information content (AvgIpc) is 2.33. The second-order valence-corrected chi connectivity index (χ2v) is 4.58. The Morgan fingerprint density at radius 3 is 2.62 bits per heavy atom. The second kappa shape index (κ2) is 3.52. The number of aliphatic imine (C=N–C) groups is 1. The minimum Gasteiger partial charge on any atom is -0.323 e. The molecule has 0 aromatic heterocycles. The lowest BCUT2D eigenvalue weighted by molar-refractivity contribution is 1.27. The molecule has 2 aromatic rings. The first kappa shape index (κ1) is 9.73. The number of rotatable bonds is 0. The molecular weight excluding hydrogens is 216 g/mol. The fourth-order valence-electron chi connectivity index (χ4n) is 2.14. The lowest BCUT2D eigenvalue weighted by Crippen LogP contribution is -2.25. The summed E-state index contributed by atoms with van der Waals surface area (Å²) >= 11 is 1.68. The standard InChI is InChI=1S/C13H12N2S/c1-15-11-8-4-6-9-5-3-7-10(12(9)11)14-13(15)16-2/h3-8H,1-2H3. The summed E-state index contributed by atoms with van der Waals surface area (Å²) < 4.78 is 0. The first-order valence-corrected chi connectivity index (χ1v) is 6.42. The van der Waals surface area contributed by atoms with Crippen molar-refractivity contribution in [3.05, 3.63) is 36.4 Å². The molecule has 0 radical (unpaired) electrons. The van der Waals surface area contributed by atoms with E-state index in [4.69, 9.17) is 0 Å². The second-order valence-electron chi connectivity index (χ2n) is 3.81. The number of thioether (sulfide) groups is 1. The molecule has 0 saturated heterocycles. The van der Waals surface area contributed by atoms with Crippen molar-refractivity contribution in [2.24, 2.45) is 4.99 Å². The molecule has 2 nitrogen and oxygen atoms in total. The summed E-state index contributed by atoms with van der Waals surface area (Å²) in [4.78, 5) is 6.82.